The van der Waals surface area contributed by atoms with E-state index < -0.39 is 7.15 Å². The Kier molecular flexibility index (Phi) is 43.8. The van der Waals surface area contributed by atoms with E-state index in [0.29, 0.717) is 25.0 Å². The van der Waals surface area contributed by atoms with E-state index in [-0.39, 0.29) is 11.9 Å². The van der Waals surface area contributed by atoms with E-state index in [4.69, 9.17) is 10.8 Å². The summed E-state index contributed by atoms with van der Waals surface area (Å²) >= 11 is 25.5. The summed E-state index contributed by atoms with van der Waals surface area (Å²) in [6.45, 7) is 19.0. The van der Waals surface area contributed by atoms with Crippen LogP contribution in [-0.2, 0) is 35.2 Å². The van der Waals surface area contributed by atoms with Crippen molar-refractivity contribution in [3.63, 3.8) is 0 Å². The number of unbranched alkanes of at least 4 members (excludes halogenated alkanes) is 22. The van der Waals surface area contributed by atoms with Crippen molar-refractivity contribution in [2.45, 2.75) is 287 Å². The number of esters is 2. The zero-order valence-electron chi connectivity index (χ0n) is 60.9. The summed E-state index contributed by atoms with van der Waals surface area (Å²) in [5.41, 5.74) is 5.82. The second-order valence-electron chi connectivity index (χ2n) is 25.8. The van der Waals surface area contributed by atoms with E-state index in [1.807, 2.05) is 68.0 Å². The Hall–Kier alpha value is -1.84. The Morgan fingerprint density at radius 3 is 1.12 bits per heavy atom. The van der Waals surface area contributed by atoms with Gasteiger partial charge in [-0.15, -0.1) is 90.7 Å². The van der Waals surface area contributed by atoms with Crippen LogP contribution in [0.2, 0.25) is 0 Å². The number of carbonyl (C=O) groups excluding carboxylic acids is 2. The van der Waals surface area contributed by atoms with E-state index >= 15 is 0 Å². The molecule has 8 rings (SSSR count). The number of ether oxygens (including phenoxy) is 2. The van der Waals surface area contributed by atoms with Crippen molar-refractivity contribution < 1.29 is 24.8 Å². The fourth-order valence-corrected chi connectivity index (χ4v) is 23.6. The van der Waals surface area contributed by atoms with E-state index in [1.54, 1.807) is 22.7 Å². The van der Waals surface area contributed by atoms with Gasteiger partial charge in [-0.25, -0.2) is 9.59 Å². The maximum atomic E-state index is 13.5. The number of nitrogens with zero attached hydrogens (tertiary/aromatic N) is 1. The van der Waals surface area contributed by atoms with Gasteiger partial charge in [0.05, 0.1) is 63.1 Å². The number of hydrogen-bond acceptors (Lipinski definition) is 14. The molecule has 0 bridgehead atoms. The van der Waals surface area contributed by atoms with Crippen molar-refractivity contribution in [1.82, 2.24) is 0 Å². The quantitative estimate of drug-likeness (QED) is 0.0179. The molecule has 0 amide bonds. The van der Waals surface area contributed by atoms with Crippen molar-refractivity contribution >= 4 is 175 Å². The molecule has 0 fully saturated rings. The van der Waals surface area contributed by atoms with Gasteiger partial charge in [-0.05, 0) is 177 Å². The molecule has 0 aliphatic heterocycles. The molecule has 0 saturated heterocycles. The second kappa shape index (κ2) is 50.5. The summed E-state index contributed by atoms with van der Waals surface area (Å²) in [5, 5.41) is 7.00. The van der Waals surface area contributed by atoms with Gasteiger partial charge in [0, 0.05) is 25.4 Å². The van der Waals surface area contributed by atoms with Crippen molar-refractivity contribution in [1.29, 1.82) is 0 Å². The summed E-state index contributed by atoms with van der Waals surface area (Å²) in [6.07, 6.45) is 45.0. The van der Waals surface area contributed by atoms with Crippen LogP contribution in [0.1, 0.15) is 304 Å². The third-order valence-electron chi connectivity index (χ3n) is 18.2. The monoisotopic (exact) mass is 1620 g/mol. The van der Waals surface area contributed by atoms with Gasteiger partial charge in [0.2, 0.25) is 0 Å². The minimum atomic E-state index is -1.00. The number of halogens is 3. The molecule has 0 saturated carbocycles. The van der Waals surface area contributed by atoms with Gasteiger partial charge in [0.15, 0.2) is 0 Å². The number of aryl methyl sites for hydroxylation is 4. The average Bonchev–Trinajstić information content (AvgIpc) is 1.60. The van der Waals surface area contributed by atoms with Gasteiger partial charge in [0.25, 0.3) is 0 Å². The van der Waals surface area contributed by atoms with Crippen LogP contribution in [0.25, 0.3) is 59.2 Å². The van der Waals surface area contributed by atoms with Gasteiger partial charge in [-0.2, -0.15) is 0 Å². The fraction of sp³-hybridized carbons (Fsp3) is 0.620. The van der Waals surface area contributed by atoms with Crippen molar-refractivity contribution in [3.8, 4) is 39.0 Å². The first-order valence-electron chi connectivity index (χ1n) is 37.6. The molecule has 2 unspecified atom stereocenters. The Morgan fingerprint density at radius 2 is 0.763 bits per heavy atom. The molecule has 0 aliphatic rings. The van der Waals surface area contributed by atoms with Crippen LogP contribution >= 0.6 is 135 Å². The van der Waals surface area contributed by atoms with Crippen LogP contribution in [0, 0.1) is 11.8 Å². The molecule has 5 nitrogen and oxygen atoms in total. The van der Waals surface area contributed by atoms with Crippen LogP contribution in [0.15, 0.2) is 59.0 Å². The Balaban J connectivity index is 0.000000328. The topological polar surface area (TPSA) is 65.0 Å². The summed E-state index contributed by atoms with van der Waals surface area (Å²) in [5.74, 6) is 0.575. The molecule has 0 spiro atoms. The van der Waals surface area contributed by atoms with Crippen LogP contribution in [0.4, 0.5) is 4.39 Å². The van der Waals surface area contributed by atoms with Crippen LogP contribution < -0.4 is 0 Å². The molecule has 18 heteroatoms. The average molecular weight is 1620 g/mol. The number of carbonyl (C=O) groups is 2. The van der Waals surface area contributed by atoms with Gasteiger partial charge in [-0.1, -0.05) is 222 Å². The molecular weight excluding hydrogens is 1510 g/mol. The molecule has 0 aromatic carbocycles. The number of thiol groups is 1. The van der Waals surface area contributed by atoms with E-state index in [9.17, 15) is 14.0 Å². The zero-order valence-corrected chi connectivity index (χ0v) is 70.5. The van der Waals surface area contributed by atoms with Crippen molar-refractivity contribution in [3.05, 3.63) is 86.7 Å². The molecule has 97 heavy (non-hydrogen) atoms. The molecule has 2 atom stereocenters. The van der Waals surface area contributed by atoms with E-state index in [1.165, 1.54) is 269 Å². The molecule has 0 N–H and O–H groups in total. The van der Waals surface area contributed by atoms with Gasteiger partial charge in [0.1, 0.15) is 9.75 Å². The predicted octanol–water partition coefficient (Wildman–Crippen LogP) is 31.5. The van der Waals surface area contributed by atoms with Crippen molar-refractivity contribution in [2.24, 2.45) is 16.1 Å². The van der Waals surface area contributed by atoms with Gasteiger partial charge in [-0.3, -0.25) is 4.39 Å². The van der Waals surface area contributed by atoms with Crippen LogP contribution in [0.5, 0.6) is 0 Å². The first-order valence-corrected chi connectivity index (χ1v) is 45.5. The van der Waals surface area contributed by atoms with Crippen molar-refractivity contribution in [2.75, 3.05) is 20.4 Å². The molecule has 8 aromatic heterocycles. The van der Waals surface area contributed by atoms with Gasteiger partial charge >= 0.3 is 36.7 Å². The molecule has 0 aliphatic carbocycles. The third-order valence-corrected chi connectivity index (χ3v) is 29.1. The second-order valence-corrected chi connectivity index (χ2v) is 36.9. The molecule has 537 valence electrons. The third kappa shape index (κ3) is 28.3. The zero-order chi connectivity index (χ0) is 70.9. The van der Waals surface area contributed by atoms with E-state index in [2.05, 4.69) is 159 Å². The Bertz CT molecular complexity index is 3280. The predicted molar refractivity (Wildman–Crippen MR) is 448 cm³/mol. The first-order chi connectivity index (χ1) is 47.8. The van der Waals surface area contributed by atoms with Gasteiger partial charge < -0.3 is 9.47 Å². The summed E-state index contributed by atoms with van der Waals surface area (Å²) < 4.78 is 35.0. The molecular formula is C79H114BBr2FNO4S9. The van der Waals surface area contributed by atoms with Crippen LogP contribution in [-0.4, -0.2) is 39.9 Å². The summed E-state index contributed by atoms with van der Waals surface area (Å²) in [7, 11) is 3.34. The Labute approximate surface area is 642 Å². The summed E-state index contributed by atoms with van der Waals surface area (Å²) in [6, 6.07) is 13.7. The molecule has 8 heterocycles. The number of rotatable bonds is 46. The maximum absolute atomic E-state index is 13.5. The SMILES string of the molecule is CCCCCCCCc1cc(Br)sc1-c1sc(-c2sc(Br)cc2CCCCCCCC)c2sc(C(=O)OCC(CC)CCCC)cc12.CCCCCCCCc1ccsc1-c1sc(-c2sccc2CCCCCCCC)c2sc(C(=O)OCC(CC)CCCC)cc12.[2H]CF.[B]=NS. The molecule has 1 radical (unpaired) electrons. The van der Waals surface area contributed by atoms with E-state index in [0.717, 1.165) is 61.1 Å². The standard InChI is InChI=1S/C39H54Br2O2S4.C39H56O2S4.CH3F.BHNS/c1-5-9-12-14-16-18-21-28-23-32(40)45-34(28)36-30-25-31(39(42)43-26-27(8-4)20-11-7-3)44-37(30)38(47-36)35-29(24-33(41)46-35)22-19-17-15-13-10-6-2;1-5-9-12-14-16-18-21-30-23-25-42-34(30)36-32-27-33(39(40)41-28-29(8-4)20-11-7-3)44-37(32)38(45-36)35-31(24-26-43-35)22-19-17-15-13-10-6-2;1-2;1-2-3/h23-25,27H,5-22,26H2,1-4H3;23-27,29H,5-22,28H2,1-4H3;1H3;3H/i;;1D;. The number of alkyl halides is 1. The summed E-state index contributed by atoms with van der Waals surface area (Å²) in [4.78, 5) is 39.3. The molecule has 8 aromatic rings. The van der Waals surface area contributed by atoms with Crippen LogP contribution in [0.3, 0.4) is 0 Å². The Morgan fingerprint density at radius 1 is 0.454 bits per heavy atom. The first kappa shape index (κ1) is 84.1. The number of thiophene rings is 8. The normalized spacial score (nSPS) is 12.1. The fourth-order valence-electron chi connectivity index (χ4n) is 12.4. The minimum absolute atomic E-state index is 0.148. The number of hydrogen-bond donors (Lipinski definition) is 1. The number of fused-ring (bicyclic) bond motifs is 2.